The van der Waals surface area contributed by atoms with Crippen LogP contribution in [0.15, 0.2) is 24.5 Å². The fourth-order valence-electron chi connectivity index (χ4n) is 1.47. The number of methoxy groups -OCH3 is 2. The molecule has 104 valence electrons. The van der Waals surface area contributed by atoms with E-state index in [1.54, 1.807) is 0 Å². The zero-order valence-electron chi connectivity index (χ0n) is 10.7. The Labute approximate surface area is 109 Å². The Morgan fingerprint density at radius 2 is 2.00 bits per heavy atom. The molecule has 1 aromatic rings. The van der Waals surface area contributed by atoms with Gasteiger partial charge in [-0.3, -0.25) is 0 Å². The highest BCUT2D eigenvalue weighted by molar-refractivity contribution is 5.91. The summed E-state index contributed by atoms with van der Waals surface area (Å²) in [6, 6.07) is 2.21. The lowest BCUT2D eigenvalue weighted by Crippen LogP contribution is -2.11. The molecule has 0 aliphatic heterocycles. The number of hydrogen-bond acceptors (Lipinski definition) is 4. The number of carbonyl (C=O) groups is 1. The minimum Gasteiger partial charge on any atom is -0.472 e. The largest absolute Gasteiger partial charge is 0.472 e. The van der Waals surface area contributed by atoms with Crippen LogP contribution in [-0.4, -0.2) is 27.0 Å². The number of rotatable bonds is 6. The first-order chi connectivity index (χ1) is 9.01. The third-order valence-corrected chi connectivity index (χ3v) is 2.34. The van der Waals surface area contributed by atoms with Crippen LogP contribution in [0.3, 0.4) is 0 Å². The molecule has 1 aromatic carbocycles. The van der Waals surface area contributed by atoms with Crippen molar-refractivity contribution in [3.63, 3.8) is 0 Å². The highest BCUT2D eigenvalue weighted by atomic mass is 19.2. The normalized spacial score (nSPS) is 10.1. The minimum absolute atomic E-state index is 0.0178. The lowest BCUT2D eigenvalue weighted by molar-refractivity contribution is 0.00422. The lowest BCUT2D eigenvalue weighted by Gasteiger charge is -2.12. The van der Waals surface area contributed by atoms with Crippen molar-refractivity contribution >= 4 is 5.97 Å². The molecule has 0 atom stereocenters. The molecule has 0 bridgehead atoms. The summed E-state index contributed by atoms with van der Waals surface area (Å²) < 4.78 is 40.9. The average molecular weight is 272 g/mol. The number of benzene rings is 1. The molecule has 19 heavy (non-hydrogen) atoms. The van der Waals surface area contributed by atoms with Gasteiger partial charge >= 0.3 is 5.97 Å². The van der Waals surface area contributed by atoms with Gasteiger partial charge in [-0.2, -0.15) is 0 Å². The van der Waals surface area contributed by atoms with E-state index in [0.29, 0.717) is 0 Å². The Bertz CT molecular complexity index is 486. The average Bonchev–Trinajstić information content (AvgIpc) is 2.40. The van der Waals surface area contributed by atoms with Crippen molar-refractivity contribution < 1.29 is 27.8 Å². The third-order valence-electron chi connectivity index (χ3n) is 2.34. The summed E-state index contributed by atoms with van der Waals surface area (Å²) in [6.45, 7) is 3.58. The van der Waals surface area contributed by atoms with E-state index in [0.717, 1.165) is 13.2 Å². The van der Waals surface area contributed by atoms with Crippen molar-refractivity contribution in [2.75, 3.05) is 21.0 Å². The van der Waals surface area contributed by atoms with Gasteiger partial charge in [-0.25, -0.2) is 13.6 Å². The minimum atomic E-state index is -1.25. The molecule has 0 unspecified atom stereocenters. The van der Waals surface area contributed by atoms with E-state index in [1.165, 1.54) is 13.2 Å². The Balaban J connectivity index is 3.03. The molecule has 6 heteroatoms. The topological polar surface area (TPSA) is 44.8 Å². The predicted molar refractivity (Wildman–Crippen MR) is 63.5 cm³/mol. The maximum absolute atomic E-state index is 13.6. The predicted octanol–water partition coefficient (Wildman–Crippen LogP) is 2.43. The molecule has 0 aliphatic rings. The fourth-order valence-corrected chi connectivity index (χ4v) is 1.47. The first kappa shape index (κ1) is 15.1. The molecule has 0 amide bonds. The number of ether oxygens (including phenoxy) is 3. The highest BCUT2D eigenvalue weighted by Gasteiger charge is 2.21. The molecule has 0 heterocycles. The molecule has 0 aliphatic carbocycles. The van der Waals surface area contributed by atoms with Gasteiger partial charge < -0.3 is 14.2 Å². The van der Waals surface area contributed by atoms with E-state index >= 15 is 0 Å². The van der Waals surface area contributed by atoms with Crippen LogP contribution in [0.4, 0.5) is 8.78 Å². The maximum atomic E-state index is 13.6. The molecule has 0 radical (unpaired) electrons. The second-order valence-corrected chi connectivity index (χ2v) is 3.65. The van der Waals surface area contributed by atoms with Crippen molar-refractivity contribution in [1.82, 2.24) is 0 Å². The summed E-state index contributed by atoms with van der Waals surface area (Å²) in [5, 5.41) is 0. The van der Waals surface area contributed by atoms with Gasteiger partial charge in [0.2, 0.25) is 0 Å². The summed E-state index contributed by atoms with van der Waals surface area (Å²) in [6.07, 6.45) is 0.0466. The van der Waals surface area contributed by atoms with Crippen molar-refractivity contribution in [2.24, 2.45) is 0 Å². The summed E-state index contributed by atoms with van der Waals surface area (Å²) in [5.41, 5.74) is -0.225. The Kier molecular flexibility index (Phi) is 5.44. The second-order valence-electron chi connectivity index (χ2n) is 3.65. The number of carbonyl (C=O) groups excluding carboxylic acids is 1. The van der Waals surface area contributed by atoms with Crippen LogP contribution in [0.25, 0.3) is 0 Å². The first-order valence-electron chi connectivity index (χ1n) is 5.36. The molecule has 0 spiro atoms. The smallest absolute Gasteiger partial charge is 0.341 e. The van der Waals surface area contributed by atoms with E-state index in [1.807, 2.05) is 0 Å². The molecular formula is C13H14F2O4. The molecule has 0 saturated heterocycles. The number of allylic oxidation sites excluding steroid dienone is 1. The second kappa shape index (κ2) is 6.84. The quantitative estimate of drug-likeness (QED) is 0.453. The van der Waals surface area contributed by atoms with E-state index in [2.05, 4.69) is 16.1 Å². The van der Waals surface area contributed by atoms with Crippen molar-refractivity contribution in [3.8, 4) is 0 Å². The Hall–Kier alpha value is -1.95. The van der Waals surface area contributed by atoms with Gasteiger partial charge in [0.1, 0.15) is 5.56 Å². The first-order valence-corrected chi connectivity index (χ1v) is 5.36. The van der Waals surface area contributed by atoms with E-state index in [-0.39, 0.29) is 24.5 Å². The molecular weight excluding hydrogens is 258 g/mol. The van der Waals surface area contributed by atoms with Crippen LogP contribution in [0.5, 0.6) is 0 Å². The van der Waals surface area contributed by atoms with Gasteiger partial charge in [-0.15, -0.1) is 0 Å². The van der Waals surface area contributed by atoms with Gasteiger partial charge in [0.15, 0.2) is 18.4 Å². The molecule has 4 nitrogen and oxygen atoms in total. The molecule has 0 N–H and O–H groups in total. The van der Waals surface area contributed by atoms with Crippen molar-refractivity contribution in [2.45, 2.75) is 6.42 Å². The van der Waals surface area contributed by atoms with Gasteiger partial charge in [0.05, 0.1) is 12.9 Å². The van der Waals surface area contributed by atoms with E-state index in [4.69, 9.17) is 4.74 Å². The van der Waals surface area contributed by atoms with Crippen LogP contribution in [0.1, 0.15) is 15.9 Å². The van der Waals surface area contributed by atoms with Gasteiger partial charge in [-0.05, 0) is 11.6 Å². The zero-order chi connectivity index (χ0) is 14.4. The monoisotopic (exact) mass is 272 g/mol. The van der Waals surface area contributed by atoms with Crippen LogP contribution >= 0.6 is 0 Å². The molecule has 0 saturated carbocycles. The van der Waals surface area contributed by atoms with Gasteiger partial charge in [0.25, 0.3) is 0 Å². The Morgan fingerprint density at radius 3 is 2.58 bits per heavy atom. The van der Waals surface area contributed by atoms with Crippen LogP contribution < -0.4 is 0 Å². The summed E-state index contributed by atoms with van der Waals surface area (Å²) in [7, 11) is 2.53. The number of hydrogen-bond donors (Lipinski definition) is 0. The van der Waals surface area contributed by atoms with Gasteiger partial charge in [-0.1, -0.05) is 12.6 Å². The van der Waals surface area contributed by atoms with Crippen LogP contribution in [-0.2, 0) is 20.6 Å². The number of halogens is 2. The summed E-state index contributed by atoms with van der Waals surface area (Å²) >= 11 is 0. The Morgan fingerprint density at radius 1 is 1.32 bits per heavy atom. The standard InChI is InChI=1S/C13H14F2O4/c1-8(19-7-17-2)6-9-4-5-10(14)12(15)11(9)13(16)18-3/h4-5H,1,6-7H2,2-3H3. The van der Waals surface area contributed by atoms with E-state index < -0.39 is 23.2 Å². The number of esters is 1. The molecule has 0 aromatic heterocycles. The molecule has 0 fully saturated rings. The van der Waals surface area contributed by atoms with Crippen molar-refractivity contribution in [1.29, 1.82) is 0 Å². The third kappa shape index (κ3) is 3.75. The maximum Gasteiger partial charge on any atom is 0.341 e. The fraction of sp³-hybridized carbons (Fsp3) is 0.308. The zero-order valence-corrected chi connectivity index (χ0v) is 10.7. The SMILES string of the molecule is C=C(Cc1ccc(F)c(F)c1C(=O)OC)OCOC. The van der Waals surface area contributed by atoms with Crippen molar-refractivity contribution in [3.05, 3.63) is 47.2 Å². The highest BCUT2D eigenvalue weighted by Crippen LogP contribution is 2.20. The summed E-state index contributed by atoms with van der Waals surface area (Å²) in [5.74, 6) is -3.05. The lowest BCUT2D eigenvalue weighted by atomic mass is 10.0. The molecule has 1 rings (SSSR count). The van der Waals surface area contributed by atoms with Gasteiger partial charge in [0, 0.05) is 13.5 Å². The van der Waals surface area contributed by atoms with E-state index in [9.17, 15) is 13.6 Å². The van der Waals surface area contributed by atoms with Crippen LogP contribution in [0.2, 0.25) is 0 Å². The van der Waals surface area contributed by atoms with Crippen LogP contribution in [0, 0.1) is 11.6 Å². The summed E-state index contributed by atoms with van der Waals surface area (Å²) in [4.78, 5) is 11.5.